The number of carbonyl (C=O) groups excluding carboxylic acids is 3. The van der Waals surface area contributed by atoms with Crippen molar-refractivity contribution in [2.24, 2.45) is 0 Å². The highest BCUT2D eigenvalue weighted by molar-refractivity contribution is 5.71. The van der Waals surface area contributed by atoms with Crippen molar-refractivity contribution in [3.63, 3.8) is 0 Å². The van der Waals surface area contributed by atoms with Crippen LogP contribution in [-0.4, -0.2) is 37.2 Å². The summed E-state index contributed by atoms with van der Waals surface area (Å²) >= 11 is 0. The molecule has 72 heavy (non-hydrogen) atoms. The molecule has 0 spiro atoms. The van der Waals surface area contributed by atoms with Crippen molar-refractivity contribution in [1.29, 1.82) is 0 Å². The first kappa shape index (κ1) is 68.1. The van der Waals surface area contributed by atoms with Crippen LogP contribution in [0.1, 0.15) is 271 Å². The molecule has 0 saturated heterocycles. The lowest BCUT2D eigenvalue weighted by molar-refractivity contribution is -0.167. The Morgan fingerprint density at radius 1 is 0.292 bits per heavy atom. The van der Waals surface area contributed by atoms with Crippen LogP contribution in [0.4, 0.5) is 0 Å². The van der Waals surface area contributed by atoms with Gasteiger partial charge in [0.05, 0.1) is 0 Å². The summed E-state index contributed by atoms with van der Waals surface area (Å²) in [6.07, 6.45) is 81.1. The average Bonchev–Trinajstić information content (AvgIpc) is 3.38. The molecule has 1 atom stereocenters. The van der Waals surface area contributed by atoms with Gasteiger partial charge < -0.3 is 14.2 Å². The molecule has 410 valence electrons. The maximum atomic E-state index is 12.8. The zero-order valence-electron chi connectivity index (χ0n) is 46.9. The van der Waals surface area contributed by atoms with E-state index >= 15 is 0 Å². The van der Waals surface area contributed by atoms with Crippen molar-refractivity contribution in [3.05, 3.63) is 109 Å². The topological polar surface area (TPSA) is 78.9 Å². The molecule has 0 bridgehead atoms. The van der Waals surface area contributed by atoms with E-state index < -0.39 is 6.10 Å². The lowest BCUT2D eigenvalue weighted by Gasteiger charge is -2.18. The van der Waals surface area contributed by atoms with E-state index in [1.165, 1.54) is 103 Å². The van der Waals surface area contributed by atoms with E-state index in [0.29, 0.717) is 19.3 Å². The number of carbonyl (C=O) groups is 3. The molecule has 0 aliphatic carbocycles. The minimum atomic E-state index is -0.787. The molecule has 0 amide bonds. The van der Waals surface area contributed by atoms with E-state index in [0.717, 1.165) is 128 Å². The Hall–Kier alpha value is -3.93. The SMILES string of the molecule is CC/C=C\C/C=C\C/C=C\C/C=C\C/C=C\C/C=C\CCCCCCCCCCC(=O)OCC(COC(=O)CCCCCCCC)OC(=O)CCCCCCCC/C=C\C/C=C\C/C=C\CCCCCCC. The number of unbranched alkanes of at least 4 members (excludes halogenated alkanes) is 24. The lowest BCUT2D eigenvalue weighted by Crippen LogP contribution is -2.30. The summed E-state index contributed by atoms with van der Waals surface area (Å²) in [7, 11) is 0. The van der Waals surface area contributed by atoms with Gasteiger partial charge in [-0.25, -0.2) is 0 Å². The van der Waals surface area contributed by atoms with Crippen LogP contribution in [0.3, 0.4) is 0 Å². The van der Waals surface area contributed by atoms with Crippen molar-refractivity contribution in [2.75, 3.05) is 13.2 Å². The Morgan fingerprint density at radius 2 is 0.542 bits per heavy atom. The maximum Gasteiger partial charge on any atom is 0.306 e. The summed E-state index contributed by atoms with van der Waals surface area (Å²) in [4.78, 5) is 37.9. The third-order valence-corrected chi connectivity index (χ3v) is 12.5. The van der Waals surface area contributed by atoms with Crippen molar-refractivity contribution in [2.45, 2.75) is 277 Å². The van der Waals surface area contributed by atoms with Gasteiger partial charge in [0.15, 0.2) is 6.10 Å². The van der Waals surface area contributed by atoms with Gasteiger partial charge in [-0.3, -0.25) is 14.4 Å². The second-order valence-corrected chi connectivity index (χ2v) is 19.5. The average molecular weight is 1000 g/mol. The van der Waals surface area contributed by atoms with Crippen LogP contribution >= 0.6 is 0 Å². The van der Waals surface area contributed by atoms with E-state index in [1.54, 1.807) is 0 Å². The minimum absolute atomic E-state index is 0.0868. The zero-order valence-corrected chi connectivity index (χ0v) is 46.9. The Kier molecular flexibility index (Phi) is 56.4. The molecule has 6 heteroatoms. The summed E-state index contributed by atoms with van der Waals surface area (Å²) in [5.74, 6) is -0.917. The normalized spacial score (nSPS) is 12.9. The van der Waals surface area contributed by atoms with Gasteiger partial charge in [0, 0.05) is 19.3 Å². The first-order valence-corrected chi connectivity index (χ1v) is 29.9. The summed E-state index contributed by atoms with van der Waals surface area (Å²) in [6.45, 7) is 6.44. The molecular weight excluding hydrogens is 889 g/mol. The molecule has 0 aliphatic rings. The van der Waals surface area contributed by atoms with Gasteiger partial charge in [-0.05, 0) is 109 Å². The monoisotopic (exact) mass is 999 g/mol. The molecule has 0 saturated carbocycles. The van der Waals surface area contributed by atoms with E-state index in [1.807, 2.05) is 0 Å². The number of hydrogen-bond acceptors (Lipinski definition) is 6. The Labute approximate surface area is 444 Å². The number of allylic oxidation sites excluding steroid dienone is 18. The molecule has 0 aromatic heterocycles. The predicted octanol–water partition coefficient (Wildman–Crippen LogP) is 20.3. The molecule has 0 fully saturated rings. The standard InChI is InChI=1S/C66H110O6/c1-4-7-10-13-16-18-20-22-24-26-28-30-31-32-33-34-35-37-38-40-42-44-46-48-50-53-56-59-65(68)71-62-63(61-70-64(67)58-55-52-15-12-9-6-3)72-66(69)60-57-54-51-49-47-45-43-41-39-36-29-27-25-23-21-19-17-14-11-8-5-2/h7,10,16,18,21-24,27-30,32-33,35,37,39,41,63H,4-6,8-9,11-15,17,19-20,25-26,31,34,36,38,40,42-62H2,1-3H3/b10-7-,18-16-,23-21-,24-22-,29-27-,30-28-,33-32-,37-35-,41-39-. The predicted molar refractivity (Wildman–Crippen MR) is 311 cm³/mol. The Morgan fingerprint density at radius 3 is 0.847 bits per heavy atom. The maximum absolute atomic E-state index is 12.8. The number of esters is 3. The van der Waals surface area contributed by atoms with Gasteiger partial charge in [-0.2, -0.15) is 0 Å². The lowest BCUT2D eigenvalue weighted by atomic mass is 10.1. The van der Waals surface area contributed by atoms with Crippen LogP contribution in [0.2, 0.25) is 0 Å². The first-order valence-electron chi connectivity index (χ1n) is 29.9. The molecule has 0 N–H and O–H groups in total. The fraction of sp³-hybridized carbons (Fsp3) is 0.682. The van der Waals surface area contributed by atoms with Gasteiger partial charge in [-0.1, -0.05) is 252 Å². The second kappa shape index (κ2) is 59.6. The largest absolute Gasteiger partial charge is 0.462 e. The first-order chi connectivity index (χ1) is 35.5. The van der Waals surface area contributed by atoms with Gasteiger partial charge in [0.2, 0.25) is 0 Å². The van der Waals surface area contributed by atoms with E-state index in [9.17, 15) is 14.4 Å². The highest BCUT2D eigenvalue weighted by atomic mass is 16.6. The van der Waals surface area contributed by atoms with E-state index in [2.05, 4.69) is 130 Å². The number of hydrogen-bond donors (Lipinski definition) is 0. The summed E-state index contributed by atoms with van der Waals surface area (Å²) < 4.78 is 16.8. The van der Waals surface area contributed by atoms with Gasteiger partial charge >= 0.3 is 17.9 Å². The molecule has 0 heterocycles. The van der Waals surface area contributed by atoms with Crippen molar-refractivity contribution < 1.29 is 28.6 Å². The zero-order chi connectivity index (χ0) is 52.2. The molecule has 6 nitrogen and oxygen atoms in total. The molecule has 0 rings (SSSR count). The number of rotatable bonds is 53. The van der Waals surface area contributed by atoms with Gasteiger partial charge in [0.25, 0.3) is 0 Å². The van der Waals surface area contributed by atoms with E-state index in [4.69, 9.17) is 14.2 Å². The van der Waals surface area contributed by atoms with Crippen LogP contribution in [0, 0.1) is 0 Å². The van der Waals surface area contributed by atoms with Gasteiger partial charge in [-0.15, -0.1) is 0 Å². The third-order valence-electron chi connectivity index (χ3n) is 12.5. The van der Waals surface area contributed by atoms with Crippen molar-refractivity contribution >= 4 is 17.9 Å². The summed E-state index contributed by atoms with van der Waals surface area (Å²) in [5.41, 5.74) is 0. The van der Waals surface area contributed by atoms with Crippen LogP contribution in [0.15, 0.2) is 109 Å². The van der Waals surface area contributed by atoms with Crippen LogP contribution in [0.25, 0.3) is 0 Å². The Balaban J connectivity index is 4.19. The highest BCUT2D eigenvalue weighted by Crippen LogP contribution is 2.14. The highest BCUT2D eigenvalue weighted by Gasteiger charge is 2.19. The number of ether oxygens (including phenoxy) is 3. The summed E-state index contributed by atoms with van der Waals surface area (Å²) in [6, 6.07) is 0. The van der Waals surface area contributed by atoms with Crippen LogP contribution in [0.5, 0.6) is 0 Å². The molecular formula is C66H110O6. The third kappa shape index (κ3) is 57.0. The molecule has 0 aromatic rings. The van der Waals surface area contributed by atoms with Crippen molar-refractivity contribution in [3.8, 4) is 0 Å². The van der Waals surface area contributed by atoms with E-state index in [-0.39, 0.29) is 31.1 Å². The molecule has 0 aromatic carbocycles. The van der Waals surface area contributed by atoms with Crippen LogP contribution < -0.4 is 0 Å². The fourth-order valence-corrected chi connectivity index (χ4v) is 8.04. The fourth-order valence-electron chi connectivity index (χ4n) is 8.04. The Bertz CT molecular complexity index is 1470. The molecule has 0 aliphatic heterocycles. The molecule has 0 radical (unpaired) electrons. The van der Waals surface area contributed by atoms with Crippen molar-refractivity contribution in [1.82, 2.24) is 0 Å². The van der Waals surface area contributed by atoms with Crippen LogP contribution in [-0.2, 0) is 28.6 Å². The second-order valence-electron chi connectivity index (χ2n) is 19.5. The smallest absolute Gasteiger partial charge is 0.306 e. The summed E-state index contributed by atoms with van der Waals surface area (Å²) in [5, 5.41) is 0. The minimum Gasteiger partial charge on any atom is -0.462 e. The van der Waals surface area contributed by atoms with Gasteiger partial charge in [0.1, 0.15) is 13.2 Å². The molecule has 1 unspecified atom stereocenters. The quantitative estimate of drug-likeness (QED) is 0.0261.